The van der Waals surface area contributed by atoms with Gasteiger partial charge in [-0.2, -0.15) is 13.2 Å². The fourth-order valence-corrected chi connectivity index (χ4v) is 0.953. The summed E-state index contributed by atoms with van der Waals surface area (Å²) in [5.74, 6) is 0. The van der Waals surface area contributed by atoms with Gasteiger partial charge in [0.15, 0.2) is 6.10 Å². The van der Waals surface area contributed by atoms with Gasteiger partial charge in [0.05, 0.1) is 0 Å². The highest BCUT2D eigenvalue weighted by Crippen LogP contribution is 2.22. The molecule has 1 aromatic rings. The van der Waals surface area contributed by atoms with Crippen molar-refractivity contribution in [2.45, 2.75) is 18.7 Å². The van der Waals surface area contributed by atoms with Crippen LogP contribution in [0.2, 0.25) is 0 Å². The van der Waals surface area contributed by atoms with Gasteiger partial charge in [0.1, 0.15) is 0 Å². The van der Waals surface area contributed by atoms with Crippen LogP contribution >= 0.6 is 0 Å². The largest absolute Gasteiger partial charge is 0.414 e. The summed E-state index contributed by atoms with van der Waals surface area (Å²) in [6.07, 6.45) is -7.19. The van der Waals surface area contributed by atoms with Crippen LogP contribution in [0.15, 0.2) is 30.3 Å². The molecule has 0 fully saturated rings. The molecular weight excluding hydrogens is 181 g/mol. The summed E-state index contributed by atoms with van der Waals surface area (Å²) >= 11 is 0. The van der Waals surface area contributed by atoms with Gasteiger partial charge >= 0.3 is 6.18 Å². The quantitative estimate of drug-likeness (QED) is 0.757. The molecule has 1 atom stereocenters. The van der Waals surface area contributed by atoms with Crippen molar-refractivity contribution in [1.82, 2.24) is 0 Å². The Bertz CT molecular complexity index is 255. The topological polar surface area (TPSA) is 20.2 Å². The lowest BCUT2D eigenvalue weighted by Crippen LogP contribution is -2.30. The Hall–Kier alpha value is -1.03. The molecule has 1 aromatic carbocycles. The number of benzene rings is 1. The zero-order valence-electron chi connectivity index (χ0n) is 6.75. The first kappa shape index (κ1) is 10.1. The molecule has 72 valence electrons. The number of aliphatic hydroxyl groups excluding tert-OH is 1. The van der Waals surface area contributed by atoms with Crippen molar-refractivity contribution in [1.29, 1.82) is 0 Å². The molecule has 0 bridgehead atoms. The minimum atomic E-state index is -4.53. The molecule has 0 radical (unpaired) electrons. The molecule has 0 saturated heterocycles. The van der Waals surface area contributed by atoms with Gasteiger partial charge in [-0.05, 0) is 5.56 Å². The van der Waals surface area contributed by atoms with Crippen LogP contribution in [0.25, 0.3) is 0 Å². The molecule has 0 heterocycles. The fourth-order valence-electron chi connectivity index (χ4n) is 0.953. The maximum Gasteiger partial charge on any atom is 0.414 e. The Morgan fingerprint density at radius 1 is 1.15 bits per heavy atom. The standard InChI is InChI=1S/C9H9F3O/c10-9(11,12)8(13)6-7-4-2-1-3-5-7/h1-5,8,13H,6H2/t8-/m1/s1. The van der Waals surface area contributed by atoms with E-state index >= 15 is 0 Å². The molecule has 0 aliphatic carbocycles. The predicted octanol–water partition coefficient (Wildman–Crippen LogP) is 2.15. The SMILES string of the molecule is O[C@H](Cc1ccccc1)C(F)(F)F. The van der Waals surface area contributed by atoms with Gasteiger partial charge < -0.3 is 5.11 Å². The number of alkyl halides is 3. The second kappa shape index (κ2) is 3.79. The van der Waals surface area contributed by atoms with E-state index < -0.39 is 12.3 Å². The van der Waals surface area contributed by atoms with E-state index in [2.05, 4.69) is 0 Å². The van der Waals surface area contributed by atoms with E-state index in [9.17, 15) is 13.2 Å². The summed E-state index contributed by atoms with van der Waals surface area (Å²) in [6, 6.07) is 8.09. The first-order valence-electron chi connectivity index (χ1n) is 3.79. The fraction of sp³-hybridized carbons (Fsp3) is 0.333. The van der Waals surface area contributed by atoms with Crippen molar-refractivity contribution in [3.63, 3.8) is 0 Å². The van der Waals surface area contributed by atoms with Crippen molar-refractivity contribution < 1.29 is 18.3 Å². The monoisotopic (exact) mass is 190 g/mol. The Labute approximate surface area is 73.8 Å². The number of halogens is 3. The van der Waals surface area contributed by atoms with E-state index in [0.717, 1.165) is 0 Å². The molecule has 4 heteroatoms. The molecule has 0 saturated carbocycles. The first-order chi connectivity index (χ1) is 6.00. The summed E-state index contributed by atoms with van der Waals surface area (Å²) in [6.45, 7) is 0. The average Bonchev–Trinajstić information content (AvgIpc) is 2.04. The van der Waals surface area contributed by atoms with Crippen LogP contribution < -0.4 is 0 Å². The van der Waals surface area contributed by atoms with Crippen molar-refractivity contribution in [2.75, 3.05) is 0 Å². The molecule has 1 rings (SSSR count). The normalized spacial score (nSPS) is 14.2. The van der Waals surface area contributed by atoms with Crippen molar-refractivity contribution in [2.24, 2.45) is 0 Å². The molecule has 0 amide bonds. The molecular formula is C9H9F3O. The van der Waals surface area contributed by atoms with Gasteiger partial charge in [-0.3, -0.25) is 0 Å². The first-order valence-corrected chi connectivity index (χ1v) is 3.79. The Kier molecular flexibility index (Phi) is 2.93. The van der Waals surface area contributed by atoms with E-state index in [1.165, 1.54) is 0 Å². The molecule has 0 aromatic heterocycles. The van der Waals surface area contributed by atoms with Gasteiger partial charge in [0.2, 0.25) is 0 Å². The minimum Gasteiger partial charge on any atom is -0.383 e. The van der Waals surface area contributed by atoms with Gasteiger partial charge in [0, 0.05) is 6.42 Å². The van der Waals surface area contributed by atoms with Crippen LogP contribution in [0.5, 0.6) is 0 Å². The Morgan fingerprint density at radius 2 is 1.69 bits per heavy atom. The lowest BCUT2D eigenvalue weighted by atomic mass is 10.1. The van der Waals surface area contributed by atoms with E-state index in [0.29, 0.717) is 5.56 Å². The maximum absolute atomic E-state index is 11.9. The van der Waals surface area contributed by atoms with Gasteiger partial charge in [-0.1, -0.05) is 30.3 Å². The number of rotatable bonds is 2. The van der Waals surface area contributed by atoms with Crippen molar-refractivity contribution in [3.05, 3.63) is 35.9 Å². The van der Waals surface area contributed by atoms with E-state index in [1.54, 1.807) is 30.3 Å². The molecule has 0 spiro atoms. The number of aliphatic hydroxyl groups is 1. The summed E-state index contributed by atoms with van der Waals surface area (Å²) in [4.78, 5) is 0. The second-order valence-electron chi connectivity index (χ2n) is 2.75. The Morgan fingerprint density at radius 3 is 2.15 bits per heavy atom. The van der Waals surface area contributed by atoms with Crippen LogP contribution in [0.3, 0.4) is 0 Å². The lowest BCUT2D eigenvalue weighted by molar-refractivity contribution is -0.203. The van der Waals surface area contributed by atoms with E-state index in [4.69, 9.17) is 5.11 Å². The van der Waals surface area contributed by atoms with Crippen LogP contribution in [0.4, 0.5) is 13.2 Å². The molecule has 13 heavy (non-hydrogen) atoms. The zero-order valence-corrected chi connectivity index (χ0v) is 6.75. The van der Waals surface area contributed by atoms with Crippen LogP contribution in [-0.2, 0) is 6.42 Å². The highest BCUT2D eigenvalue weighted by atomic mass is 19.4. The number of hydrogen-bond acceptors (Lipinski definition) is 1. The highest BCUT2D eigenvalue weighted by Gasteiger charge is 2.37. The molecule has 0 unspecified atom stereocenters. The van der Waals surface area contributed by atoms with Crippen LogP contribution in [0, 0.1) is 0 Å². The van der Waals surface area contributed by atoms with Gasteiger partial charge in [0.25, 0.3) is 0 Å². The number of hydrogen-bond donors (Lipinski definition) is 1. The van der Waals surface area contributed by atoms with Crippen molar-refractivity contribution >= 4 is 0 Å². The minimum absolute atomic E-state index is 0.385. The summed E-state index contributed by atoms with van der Waals surface area (Å²) in [5.41, 5.74) is 0.479. The van der Waals surface area contributed by atoms with Gasteiger partial charge in [-0.15, -0.1) is 0 Å². The summed E-state index contributed by atoms with van der Waals surface area (Å²) in [5, 5.41) is 8.71. The molecule has 0 aliphatic rings. The molecule has 0 aliphatic heterocycles. The lowest BCUT2D eigenvalue weighted by Gasteiger charge is -2.13. The van der Waals surface area contributed by atoms with Crippen LogP contribution in [-0.4, -0.2) is 17.4 Å². The third kappa shape index (κ3) is 3.06. The Balaban J connectivity index is 2.61. The zero-order chi connectivity index (χ0) is 9.90. The van der Waals surface area contributed by atoms with Crippen molar-refractivity contribution in [3.8, 4) is 0 Å². The average molecular weight is 190 g/mol. The summed E-state index contributed by atoms with van der Waals surface area (Å²) in [7, 11) is 0. The second-order valence-corrected chi connectivity index (χ2v) is 2.75. The maximum atomic E-state index is 11.9. The third-order valence-corrected chi connectivity index (χ3v) is 1.65. The highest BCUT2D eigenvalue weighted by molar-refractivity contribution is 5.15. The van der Waals surface area contributed by atoms with Gasteiger partial charge in [-0.25, -0.2) is 0 Å². The van der Waals surface area contributed by atoms with E-state index in [-0.39, 0.29) is 6.42 Å². The molecule has 1 nitrogen and oxygen atoms in total. The summed E-state index contributed by atoms with van der Waals surface area (Å²) < 4.78 is 35.7. The van der Waals surface area contributed by atoms with E-state index in [1.807, 2.05) is 0 Å². The predicted molar refractivity (Wildman–Crippen MR) is 42.2 cm³/mol. The smallest absolute Gasteiger partial charge is 0.383 e. The third-order valence-electron chi connectivity index (χ3n) is 1.65. The molecule has 1 N–H and O–H groups in total. The van der Waals surface area contributed by atoms with Crippen LogP contribution in [0.1, 0.15) is 5.56 Å².